The molecule has 3 rings (SSSR count). The lowest BCUT2D eigenvalue weighted by Crippen LogP contribution is -2.09. The Morgan fingerprint density at radius 3 is 2.60 bits per heavy atom. The summed E-state index contributed by atoms with van der Waals surface area (Å²) in [5.41, 5.74) is 4.32. The summed E-state index contributed by atoms with van der Waals surface area (Å²) in [6, 6.07) is 18.0. The van der Waals surface area contributed by atoms with Crippen LogP contribution < -0.4 is 10.6 Å². The average Bonchev–Trinajstić information content (AvgIpc) is 2.57. The molecule has 4 nitrogen and oxygen atoms in total. The number of hydrogen-bond donors (Lipinski definition) is 2. The van der Waals surface area contributed by atoms with Crippen molar-refractivity contribution in [2.75, 3.05) is 17.2 Å². The summed E-state index contributed by atoms with van der Waals surface area (Å²) < 4.78 is 0. The Kier molecular flexibility index (Phi) is 5.51. The molecule has 0 aliphatic rings. The van der Waals surface area contributed by atoms with Crippen molar-refractivity contribution in [3.8, 4) is 0 Å². The van der Waals surface area contributed by atoms with Crippen molar-refractivity contribution in [3.05, 3.63) is 76.4 Å². The van der Waals surface area contributed by atoms with Gasteiger partial charge in [-0.2, -0.15) is 4.98 Å². The van der Waals surface area contributed by atoms with Gasteiger partial charge in [0.15, 0.2) is 0 Å². The number of anilines is 3. The minimum absolute atomic E-state index is 0.623. The molecule has 0 spiro atoms. The Morgan fingerprint density at radius 1 is 0.960 bits per heavy atom. The van der Waals surface area contributed by atoms with Crippen LogP contribution in [0.5, 0.6) is 0 Å². The molecule has 0 aliphatic carbocycles. The molecule has 5 heteroatoms. The number of hydrogen-bond acceptors (Lipinski definition) is 4. The number of benzene rings is 2. The molecule has 0 saturated heterocycles. The van der Waals surface area contributed by atoms with Crippen LogP contribution in [0.15, 0.2) is 54.6 Å². The highest BCUT2D eigenvalue weighted by Crippen LogP contribution is 2.20. The number of halogens is 1. The fourth-order valence-corrected chi connectivity index (χ4v) is 2.79. The predicted molar refractivity (Wildman–Crippen MR) is 105 cm³/mol. The fraction of sp³-hybridized carbons (Fsp3) is 0.200. The van der Waals surface area contributed by atoms with E-state index in [1.54, 1.807) is 0 Å². The van der Waals surface area contributed by atoms with Gasteiger partial charge in [0.1, 0.15) is 5.82 Å². The van der Waals surface area contributed by atoms with E-state index >= 15 is 0 Å². The lowest BCUT2D eigenvalue weighted by Gasteiger charge is -2.11. The monoisotopic (exact) mass is 352 g/mol. The van der Waals surface area contributed by atoms with Crippen LogP contribution in [0.4, 0.5) is 17.5 Å². The Labute approximate surface area is 153 Å². The van der Waals surface area contributed by atoms with Crippen molar-refractivity contribution >= 4 is 29.1 Å². The van der Waals surface area contributed by atoms with Crippen molar-refractivity contribution in [1.29, 1.82) is 0 Å². The van der Waals surface area contributed by atoms with Gasteiger partial charge in [-0.25, -0.2) is 4.98 Å². The van der Waals surface area contributed by atoms with Crippen LogP contribution in [0, 0.1) is 13.8 Å². The predicted octanol–water partition coefficient (Wildman–Crippen LogP) is 5.15. The van der Waals surface area contributed by atoms with Crippen LogP contribution in [0.25, 0.3) is 0 Å². The van der Waals surface area contributed by atoms with Crippen LogP contribution >= 0.6 is 11.6 Å². The lowest BCUT2D eigenvalue weighted by atomic mass is 10.1. The average molecular weight is 353 g/mol. The molecule has 0 aliphatic heterocycles. The molecule has 0 radical (unpaired) electrons. The normalized spacial score (nSPS) is 10.5. The Bertz CT molecular complexity index is 864. The number of aromatic nitrogens is 2. The maximum Gasteiger partial charge on any atom is 0.224 e. The fourth-order valence-electron chi connectivity index (χ4n) is 2.57. The zero-order valence-electron chi connectivity index (χ0n) is 14.4. The first kappa shape index (κ1) is 17.2. The number of rotatable bonds is 6. The van der Waals surface area contributed by atoms with Gasteiger partial charge in [0.05, 0.1) is 0 Å². The first-order valence-electron chi connectivity index (χ1n) is 8.27. The van der Waals surface area contributed by atoms with Crippen molar-refractivity contribution in [2.24, 2.45) is 0 Å². The van der Waals surface area contributed by atoms with Crippen molar-refractivity contribution in [1.82, 2.24) is 9.97 Å². The molecular weight excluding hydrogens is 332 g/mol. The molecule has 0 amide bonds. The Hall–Kier alpha value is -2.59. The van der Waals surface area contributed by atoms with Crippen LogP contribution in [-0.2, 0) is 6.42 Å². The van der Waals surface area contributed by atoms with E-state index in [-0.39, 0.29) is 0 Å². The summed E-state index contributed by atoms with van der Waals surface area (Å²) in [4.78, 5) is 9.02. The zero-order valence-corrected chi connectivity index (χ0v) is 15.1. The van der Waals surface area contributed by atoms with Crippen LogP contribution in [0.1, 0.15) is 16.8 Å². The summed E-state index contributed by atoms with van der Waals surface area (Å²) in [5.74, 6) is 1.41. The number of nitrogens with zero attached hydrogens (tertiary/aromatic N) is 2. The minimum atomic E-state index is 0.623. The van der Waals surface area contributed by atoms with Gasteiger partial charge in [-0.05, 0) is 49.6 Å². The van der Waals surface area contributed by atoms with Gasteiger partial charge >= 0.3 is 0 Å². The van der Waals surface area contributed by atoms with Crippen LogP contribution in [-0.4, -0.2) is 16.5 Å². The van der Waals surface area contributed by atoms with E-state index in [4.69, 9.17) is 11.6 Å². The molecule has 0 bridgehead atoms. The van der Waals surface area contributed by atoms with Gasteiger partial charge in [-0.15, -0.1) is 0 Å². The maximum absolute atomic E-state index is 6.02. The number of aryl methyl sites for hydroxylation is 2. The van der Waals surface area contributed by atoms with Crippen molar-refractivity contribution in [3.63, 3.8) is 0 Å². The first-order valence-corrected chi connectivity index (χ1v) is 8.64. The highest BCUT2D eigenvalue weighted by atomic mass is 35.5. The van der Waals surface area contributed by atoms with E-state index in [0.29, 0.717) is 5.95 Å². The molecule has 1 aromatic heterocycles. The van der Waals surface area contributed by atoms with Crippen LogP contribution in [0.3, 0.4) is 0 Å². The van der Waals surface area contributed by atoms with Crippen molar-refractivity contribution < 1.29 is 0 Å². The SMILES string of the molecule is Cc1cc(Nc2ccccc2C)nc(NCCc2cccc(Cl)c2)n1. The molecule has 0 fully saturated rings. The number of para-hydroxylation sites is 1. The second-order valence-corrected chi connectivity index (χ2v) is 6.40. The van der Waals surface area contributed by atoms with Gasteiger partial charge in [0.2, 0.25) is 5.95 Å². The molecule has 0 atom stereocenters. The summed E-state index contributed by atoms with van der Waals surface area (Å²) in [6.45, 7) is 4.78. The summed E-state index contributed by atoms with van der Waals surface area (Å²) in [6.07, 6.45) is 0.860. The molecule has 2 N–H and O–H groups in total. The smallest absolute Gasteiger partial charge is 0.224 e. The van der Waals surface area contributed by atoms with E-state index in [1.807, 2.05) is 49.4 Å². The van der Waals surface area contributed by atoms with E-state index in [0.717, 1.165) is 35.2 Å². The van der Waals surface area contributed by atoms with Crippen molar-refractivity contribution in [2.45, 2.75) is 20.3 Å². The second kappa shape index (κ2) is 7.99. The van der Waals surface area contributed by atoms with E-state index in [2.05, 4.69) is 39.7 Å². The summed E-state index contributed by atoms with van der Waals surface area (Å²) in [5, 5.41) is 7.41. The maximum atomic E-state index is 6.02. The summed E-state index contributed by atoms with van der Waals surface area (Å²) >= 11 is 6.02. The molecule has 25 heavy (non-hydrogen) atoms. The lowest BCUT2D eigenvalue weighted by molar-refractivity contribution is 0.976. The van der Waals surface area contributed by atoms with E-state index in [9.17, 15) is 0 Å². The van der Waals surface area contributed by atoms with E-state index < -0.39 is 0 Å². The topological polar surface area (TPSA) is 49.8 Å². The highest BCUT2D eigenvalue weighted by molar-refractivity contribution is 6.30. The van der Waals surface area contributed by atoms with Gasteiger partial charge in [0.25, 0.3) is 0 Å². The van der Waals surface area contributed by atoms with Crippen LogP contribution in [0.2, 0.25) is 5.02 Å². The third-order valence-electron chi connectivity index (χ3n) is 3.85. The summed E-state index contributed by atoms with van der Waals surface area (Å²) in [7, 11) is 0. The molecule has 128 valence electrons. The molecule has 3 aromatic rings. The molecule has 0 unspecified atom stereocenters. The third kappa shape index (κ3) is 4.94. The standard InChI is InChI=1S/C20H21ClN4/c1-14-6-3-4-9-18(14)24-19-12-15(2)23-20(25-19)22-11-10-16-7-5-8-17(21)13-16/h3-9,12-13H,10-11H2,1-2H3,(H2,22,23,24,25). The first-order chi connectivity index (χ1) is 12.1. The van der Waals surface area contributed by atoms with Gasteiger partial charge in [-0.1, -0.05) is 41.9 Å². The van der Waals surface area contributed by atoms with Gasteiger partial charge in [-0.3, -0.25) is 0 Å². The molecule has 0 saturated carbocycles. The Morgan fingerprint density at radius 2 is 1.80 bits per heavy atom. The van der Waals surface area contributed by atoms with Gasteiger partial charge in [0, 0.05) is 29.0 Å². The number of nitrogens with one attached hydrogen (secondary N) is 2. The van der Waals surface area contributed by atoms with Gasteiger partial charge < -0.3 is 10.6 Å². The molecule has 2 aromatic carbocycles. The van der Waals surface area contributed by atoms with E-state index in [1.165, 1.54) is 11.1 Å². The molecule has 1 heterocycles. The quantitative estimate of drug-likeness (QED) is 0.644. The zero-order chi connectivity index (χ0) is 17.6. The highest BCUT2D eigenvalue weighted by Gasteiger charge is 2.04. The molecular formula is C20H21ClN4. The largest absolute Gasteiger partial charge is 0.354 e. The Balaban J connectivity index is 1.66. The minimum Gasteiger partial charge on any atom is -0.354 e. The second-order valence-electron chi connectivity index (χ2n) is 5.96. The third-order valence-corrected chi connectivity index (χ3v) is 4.08.